The summed E-state index contributed by atoms with van der Waals surface area (Å²) in [7, 11) is 0. The molecule has 0 aliphatic heterocycles. The maximum absolute atomic E-state index is 12.1. The van der Waals surface area contributed by atoms with Crippen LogP contribution in [-0.4, -0.2) is 10.9 Å². The van der Waals surface area contributed by atoms with E-state index in [0.29, 0.717) is 11.4 Å². The number of carbonyl (C=O) groups excluding carboxylic acids is 1. The van der Waals surface area contributed by atoms with Crippen molar-refractivity contribution in [2.75, 3.05) is 5.32 Å². The molecule has 0 radical (unpaired) electrons. The first-order chi connectivity index (χ1) is 8.56. The number of nitrogens with one attached hydrogen (secondary N) is 1. The van der Waals surface area contributed by atoms with E-state index in [1.807, 2.05) is 24.3 Å². The molecule has 0 fully saturated rings. The van der Waals surface area contributed by atoms with Crippen LogP contribution in [0.25, 0.3) is 0 Å². The molecule has 0 saturated heterocycles. The fourth-order valence-electron chi connectivity index (χ4n) is 1.30. The van der Waals surface area contributed by atoms with Crippen LogP contribution in [0.2, 0.25) is 0 Å². The van der Waals surface area contributed by atoms with E-state index in [4.69, 9.17) is 0 Å². The Hall–Kier alpha value is -0.220. The number of halogens is 3. The molecule has 0 atom stereocenters. The summed E-state index contributed by atoms with van der Waals surface area (Å²) >= 11 is 7.63. The summed E-state index contributed by atoms with van der Waals surface area (Å²) in [4.78, 5) is 16.2. The largest absolute Gasteiger partial charge is 0.307 e. The summed E-state index contributed by atoms with van der Waals surface area (Å²) in [6, 6.07) is 9.34. The van der Waals surface area contributed by atoms with Crippen LogP contribution in [0.1, 0.15) is 10.4 Å². The summed E-state index contributed by atoms with van der Waals surface area (Å²) in [5.74, 6) is 0.394. The van der Waals surface area contributed by atoms with E-state index >= 15 is 0 Å². The highest BCUT2D eigenvalue weighted by Gasteiger charge is 2.11. The van der Waals surface area contributed by atoms with E-state index in [2.05, 4.69) is 71.4 Å². The van der Waals surface area contributed by atoms with Gasteiger partial charge in [-0.2, -0.15) is 0 Å². The summed E-state index contributed by atoms with van der Waals surface area (Å²) in [6.45, 7) is 0. The zero-order valence-electron chi connectivity index (χ0n) is 8.95. The first kappa shape index (κ1) is 14.2. The van der Waals surface area contributed by atoms with Crippen LogP contribution >= 0.6 is 61.1 Å². The Bertz CT molecular complexity index is 587. The maximum Gasteiger partial charge on any atom is 0.257 e. The number of carbonyl (C=O) groups is 1. The standard InChI is InChI=1S/C12H7BrI2N2O/c13-7-1-4-11(16-6-7)17-12(18)9-5-8(14)2-3-10(9)15/h1-6H,(H,16,17,18). The topological polar surface area (TPSA) is 42.0 Å². The van der Waals surface area contributed by atoms with Gasteiger partial charge in [0.15, 0.2) is 0 Å². The summed E-state index contributed by atoms with van der Waals surface area (Å²) in [6.07, 6.45) is 1.65. The highest BCUT2D eigenvalue weighted by atomic mass is 127. The fourth-order valence-corrected chi connectivity index (χ4v) is 2.61. The van der Waals surface area contributed by atoms with E-state index < -0.39 is 0 Å². The van der Waals surface area contributed by atoms with Crippen LogP contribution < -0.4 is 5.32 Å². The number of anilines is 1. The van der Waals surface area contributed by atoms with Gasteiger partial charge in [-0.25, -0.2) is 4.98 Å². The smallest absolute Gasteiger partial charge is 0.257 e. The summed E-state index contributed by atoms with van der Waals surface area (Å²) in [5, 5.41) is 2.77. The molecule has 18 heavy (non-hydrogen) atoms. The van der Waals surface area contributed by atoms with Crippen molar-refractivity contribution < 1.29 is 4.79 Å². The third-order valence-corrected chi connectivity index (χ3v) is 4.22. The van der Waals surface area contributed by atoms with E-state index in [-0.39, 0.29) is 5.91 Å². The summed E-state index contributed by atoms with van der Waals surface area (Å²) in [5.41, 5.74) is 0.659. The molecule has 1 heterocycles. The molecule has 2 rings (SSSR count). The number of hydrogen-bond donors (Lipinski definition) is 1. The lowest BCUT2D eigenvalue weighted by molar-refractivity contribution is 0.102. The van der Waals surface area contributed by atoms with E-state index in [9.17, 15) is 4.79 Å². The van der Waals surface area contributed by atoms with E-state index in [1.165, 1.54) is 0 Å². The molecule has 0 bridgehead atoms. The minimum atomic E-state index is -0.146. The van der Waals surface area contributed by atoms with Crippen molar-refractivity contribution in [2.24, 2.45) is 0 Å². The van der Waals surface area contributed by atoms with Gasteiger partial charge in [0.25, 0.3) is 5.91 Å². The van der Waals surface area contributed by atoms with E-state index in [0.717, 1.165) is 11.6 Å². The van der Waals surface area contributed by atoms with Crippen LogP contribution in [0.3, 0.4) is 0 Å². The highest BCUT2D eigenvalue weighted by Crippen LogP contribution is 2.18. The first-order valence-corrected chi connectivity index (χ1v) is 7.89. The Labute approximate surface area is 140 Å². The van der Waals surface area contributed by atoms with Crippen LogP contribution in [0.15, 0.2) is 41.0 Å². The van der Waals surface area contributed by atoms with Crippen LogP contribution in [0.4, 0.5) is 5.82 Å². The zero-order valence-corrected chi connectivity index (χ0v) is 14.9. The molecule has 1 N–H and O–H groups in total. The minimum absolute atomic E-state index is 0.146. The molecule has 1 amide bonds. The van der Waals surface area contributed by atoms with Gasteiger partial charge in [-0.15, -0.1) is 0 Å². The molecular weight excluding hydrogens is 522 g/mol. The predicted octanol–water partition coefficient (Wildman–Crippen LogP) is 4.31. The molecule has 0 aliphatic carbocycles. The third kappa shape index (κ3) is 3.64. The third-order valence-electron chi connectivity index (χ3n) is 2.14. The second-order valence-electron chi connectivity index (χ2n) is 3.44. The molecule has 0 saturated carbocycles. The number of nitrogens with zero attached hydrogens (tertiary/aromatic N) is 1. The van der Waals surface area contributed by atoms with Crippen molar-refractivity contribution in [3.63, 3.8) is 0 Å². The molecule has 0 aliphatic rings. The lowest BCUT2D eigenvalue weighted by Gasteiger charge is -2.06. The van der Waals surface area contributed by atoms with Gasteiger partial charge >= 0.3 is 0 Å². The number of aromatic nitrogens is 1. The average molecular weight is 529 g/mol. The van der Waals surface area contributed by atoms with E-state index in [1.54, 1.807) is 12.3 Å². The van der Waals surface area contributed by atoms with Gasteiger partial charge in [0.2, 0.25) is 0 Å². The Morgan fingerprint density at radius 2 is 2.00 bits per heavy atom. The number of hydrogen-bond acceptors (Lipinski definition) is 2. The average Bonchev–Trinajstić information content (AvgIpc) is 2.35. The molecule has 1 aromatic carbocycles. The van der Waals surface area contributed by atoms with Gasteiger partial charge in [0.1, 0.15) is 5.82 Å². The molecule has 2 aromatic rings. The lowest BCUT2D eigenvalue weighted by atomic mass is 10.2. The van der Waals surface area contributed by atoms with Crippen molar-refractivity contribution in [1.29, 1.82) is 0 Å². The highest BCUT2D eigenvalue weighted by molar-refractivity contribution is 14.1. The molecule has 0 spiro atoms. The number of amides is 1. The number of benzene rings is 1. The minimum Gasteiger partial charge on any atom is -0.307 e. The number of pyridine rings is 1. The quantitative estimate of drug-likeness (QED) is 0.591. The molecule has 3 nitrogen and oxygen atoms in total. The van der Waals surface area contributed by atoms with Gasteiger partial charge in [-0.3, -0.25) is 4.79 Å². The molecule has 0 unspecified atom stereocenters. The number of rotatable bonds is 2. The van der Waals surface area contributed by atoms with Crippen LogP contribution in [0.5, 0.6) is 0 Å². The normalized spacial score (nSPS) is 10.2. The molecule has 6 heteroatoms. The van der Waals surface area contributed by atoms with Crippen molar-refractivity contribution in [1.82, 2.24) is 4.98 Å². The Morgan fingerprint density at radius 3 is 2.67 bits per heavy atom. The van der Waals surface area contributed by atoms with Gasteiger partial charge < -0.3 is 5.32 Å². The molecular formula is C12H7BrI2N2O. The predicted molar refractivity (Wildman–Crippen MR) is 91.8 cm³/mol. The monoisotopic (exact) mass is 528 g/mol. The Morgan fingerprint density at radius 1 is 1.22 bits per heavy atom. The van der Waals surface area contributed by atoms with Crippen molar-refractivity contribution in [2.45, 2.75) is 0 Å². The van der Waals surface area contributed by atoms with Crippen LogP contribution in [0, 0.1) is 7.14 Å². The first-order valence-electron chi connectivity index (χ1n) is 4.94. The lowest BCUT2D eigenvalue weighted by Crippen LogP contribution is -2.14. The molecule has 1 aromatic heterocycles. The molecule has 92 valence electrons. The van der Waals surface area contributed by atoms with Gasteiger partial charge in [0.05, 0.1) is 5.56 Å². The van der Waals surface area contributed by atoms with Gasteiger partial charge in [0, 0.05) is 17.8 Å². The van der Waals surface area contributed by atoms with Crippen molar-refractivity contribution in [3.8, 4) is 0 Å². The van der Waals surface area contributed by atoms with Crippen LogP contribution in [-0.2, 0) is 0 Å². The second kappa shape index (κ2) is 6.29. The SMILES string of the molecule is O=C(Nc1ccc(Br)cn1)c1cc(I)ccc1I. The van der Waals surface area contributed by atoms with Crippen molar-refractivity contribution in [3.05, 3.63) is 53.7 Å². The van der Waals surface area contributed by atoms with Gasteiger partial charge in [-0.05, 0) is 91.4 Å². The maximum atomic E-state index is 12.1. The van der Waals surface area contributed by atoms with Crippen molar-refractivity contribution >= 4 is 72.8 Å². The van der Waals surface area contributed by atoms with Gasteiger partial charge in [-0.1, -0.05) is 0 Å². The Balaban J connectivity index is 2.21. The fraction of sp³-hybridized carbons (Fsp3) is 0. The Kier molecular flexibility index (Phi) is 4.96. The second-order valence-corrected chi connectivity index (χ2v) is 6.76. The summed E-state index contributed by atoms with van der Waals surface area (Å²) < 4.78 is 2.83. The zero-order chi connectivity index (χ0) is 13.1.